The minimum Gasteiger partial charge on any atom is -0.466 e. The Labute approximate surface area is 222 Å². The van der Waals surface area contributed by atoms with E-state index < -0.39 is 12.1 Å². The van der Waals surface area contributed by atoms with Crippen LogP contribution in [-0.4, -0.2) is 77.8 Å². The molecule has 3 aliphatic rings. The highest BCUT2D eigenvalue weighted by Crippen LogP contribution is 2.39. The number of nitrogens with one attached hydrogen (secondary N) is 1. The Hall–Kier alpha value is -3.07. The maximum atomic E-state index is 13.9. The summed E-state index contributed by atoms with van der Waals surface area (Å²) in [5, 5.41) is 3.36. The summed E-state index contributed by atoms with van der Waals surface area (Å²) in [6.45, 7) is 7.20. The van der Waals surface area contributed by atoms with Crippen LogP contribution >= 0.6 is 11.6 Å². The predicted octanol–water partition coefficient (Wildman–Crippen LogP) is 3.35. The van der Waals surface area contributed by atoms with Crippen molar-refractivity contribution >= 4 is 35.4 Å². The van der Waals surface area contributed by atoms with Gasteiger partial charge in [0.15, 0.2) is 0 Å². The van der Waals surface area contributed by atoms with E-state index in [-0.39, 0.29) is 42.2 Å². The van der Waals surface area contributed by atoms with Crippen LogP contribution in [0.25, 0.3) is 0 Å². The van der Waals surface area contributed by atoms with Gasteiger partial charge >= 0.3 is 12.0 Å². The number of amides is 4. The minimum atomic E-state index is -0.694. The molecule has 4 amide bonds. The van der Waals surface area contributed by atoms with Gasteiger partial charge < -0.3 is 19.9 Å². The van der Waals surface area contributed by atoms with E-state index in [9.17, 15) is 19.2 Å². The number of benzene rings is 1. The molecule has 1 N–H and O–H groups in total. The zero-order valence-corrected chi connectivity index (χ0v) is 22.6. The standard InChI is InChI=1S/C27H35ClN4O5/c1-5-37-26(35)17-10-12-31(13-11-17)24(33)20(14-16(2)3)32-15-21-22(25(32)34)23(29-27(36)30(21)4)18-8-6-7-9-19(18)28/h6-9,16-17,20,23H,5,10-15H2,1-4H3,(H,29,36)/t20-,23+/m1/s1. The molecule has 0 aromatic heterocycles. The Kier molecular flexibility index (Phi) is 8.11. The Morgan fingerprint density at radius 2 is 1.84 bits per heavy atom. The first kappa shape index (κ1) is 27.0. The lowest BCUT2D eigenvalue weighted by Gasteiger charge is -2.37. The highest BCUT2D eigenvalue weighted by Gasteiger charge is 2.47. The van der Waals surface area contributed by atoms with Crippen molar-refractivity contribution in [2.45, 2.75) is 52.1 Å². The second-order valence-corrected chi connectivity index (χ2v) is 10.7. The average Bonchev–Trinajstić information content (AvgIpc) is 3.22. The van der Waals surface area contributed by atoms with Crippen LogP contribution in [0.5, 0.6) is 0 Å². The van der Waals surface area contributed by atoms with Gasteiger partial charge in [-0.3, -0.25) is 19.3 Å². The molecule has 3 heterocycles. The second-order valence-electron chi connectivity index (χ2n) is 10.3. The number of ether oxygens (including phenoxy) is 1. The lowest BCUT2D eigenvalue weighted by Crippen LogP contribution is -2.52. The SMILES string of the molecule is CCOC(=O)C1CCN(C(=O)[C@@H](CC(C)C)N2CC3=C(C2=O)[C@H](c2ccccc2Cl)NC(=O)N3C)CC1. The van der Waals surface area contributed by atoms with Crippen molar-refractivity contribution in [3.8, 4) is 0 Å². The molecule has 10 heteroatoms. The molecule has 0 bridgehead atoms. The number of urea groups is 1. The third-order valence-corrected chi connectivity index (χ3v) is 7.73. The lowest BCUT2D eigenvalue weighted by molar-refractivity contribution is -0.152. The summed E-state index contributed by atoms with van der Waals surface area (Å²) in [6, 6.07) is 5.43. The average molecular weight is 531 g/mol. The van der Waals surface area contributed by atoms with E-state index in [4.69, 9.17) is 16.3 Å². The Balaban J connectivity index is 1.58. The molecule has 0 aliphatic carbocycles. The fraction of sp³-hybridized carbons (Fsp3) is 0.556. The van der Waals surface area contributed by atoms with E-state index in [1.165, 1.54) is 4.90 Å². The van der Waals surface area contributed by atoms with Crippen LogP contribution in [0.4, 0.5) is 4.79 Å². The summed E-state index contributed by atoms with van der Waals surface area (Å²) in [4.78, 5) is 57.5. The molecule has 0 radical (unpaired) electrons. The monoisotopic (exact) mass is 530 g/mol. The molecular formula is C27H35ClN4O5. The van der Waals surface area contributed by atoms with Crippen LogP contribution in [0, 0.1) is 11.8 Å². The zero-order chi connectivity index (χ0) is 26.9. The number of likely N-dealkylation sites (N-methyl/N-ethyl adjacent to an activating group) is 1. The minimum absolute atomic E-state index is 0.125. The third-order valence-electron chi connectivity index (χ3n) is 7.39. The van der Waals surface area contributed by atoms with Crippen molar-refractivity contribution in [2.24, 2.45) is 11.8 Å². The number of hydrogen-bond donors (Lipinski definition) is 1. The van der Waals surface area contributed by atoms with Crippen LogP contribution in [0.2, 0.25) is 5.02 Å². The number of carbonyl (C=O) groups excluding carboxylic acids is 4. The Morgan fingerprint density at radius 1 is 1.16 bits per heavy atom. The fourth-order valence-corrected chi connectivity index (χ4v) is 5.64. The number of esters is 1. The topological polar surface area (TPSA) is 99.3 Å². The summed E-state index contributed by atoms with van der Waals surface area (Å²) < 4.78 is 5.15. The maximum absolute atomic E-state index is 13.9. The van der Waals surface area contributed by atoms with E-state index in [0.29, 0.717) is 60.8 Å². The maximum Gasteiger partial charge on any atom is 0.322 e. The van der Waals surface area contributed by atoms with Gasteiger partial charge in [0.05, 0.1) is 36.4 Å². The van der Waals surface area contributed by atoms with Crippen LogP contribution < -0.4 is 5.32 Å². The van der Waals surface area contributed by atoms with Crippen molar-refractivity contribution in [3.63, 3.8) is 0 Å². The van der Waals surface area contributed by atoms with Gasteiger partial charge in [-0.15, -0.1) is 0 Å². The van der Waals surface area contributed by atoms with Gasteiger partial charge in [0.25, 0.3) is 5.91 Å². The molecule has 0 saturated carbocycles. The van der Waals surface area contributed by atoms with Crippen molar-refractivity contribution in [2.75, 3.05) is 33.3 Å². The molecule has 4 rings (SSSR count). The van der Waals surface area contributed by atoms with Crippen molar-refractivity contribution in [3.05, 3.63) is 46.1 Å². The first-order valence-electron chi connectivity index (χ1n) is 12.9. The van der Waals surface area contributed by atoms with Gasteiger partial charge in [-0.2, -0.15) is 0 Å². The van der Waals surface area contributed by atoms with Crippen LogP contribution in [0.1, 0.15) is 51.6 Å². The molecule has 9 nitrogen and oxygen atoms in total. The molecule has 0 unspecified atom stereocenters. The third kappa shape index (κ3) is 5.32. The van der Waals surface area contributed by atoms with Crippen LogP contribution in [0.15, 0.2) is 35.5 Å². The molecule has 3 aliphatic heterocycles. The number of likely N-dealkylation sites (tertiary alicyclic amines) is 1. The molecule has 1 aromatic carbocycles. The van der Waals surface area contributed by atoms with E-state index in [1.54, 1.807) is 42.0 Å². The predicted molar refractivity (Wildman–Crippen MR) is 138 cm³/mol. The summed E-state index contributed by atoms with van der Waals surface area (Å²) in [5.74, 6) is -0.663. The van der Waals surface area contributed by atoms with Gasteiger partial charge in [0.1, 0.15) is 6.04 Å². The number of nitrogens with zero attached hydrogens (tertiary/aromatic N) is 3. The number of hydrogen-bond acceptors (Lipinski definition) is 5. The van der Waals surface area contributed by atoms with Crippen molar-refractivity contribution in [1.82, 2.24) is 20.0 Å². The first-order chi connectivity index (χ1) is 17.6. The first-order valence-corrected chi connectivity index (χ1v) is 13.3. The van der Waals surface area contributed by atoms with Crippen LogP contribution in [0.3, 0.4) is 0 Å². The fourth-order valence-electron chi connectivity index (χ4n) is 5.40. The lowest BCUT2D eigenvalue weighted by atomic mass is 9.94. The molecule has 2 atom stereocenters. The zero-order valence-electron chi connectivity index (χ0n) is 21.8. The second kappa shape index (κ2) is 11.1. The summed E-state index contributed by atoms with van der Waals surface area (Å²) in [6.07, 6.45) is 1.57. The highest BCUT2D eigenvalue weighted by atomic mass is 35.5. The molecule has 1 aromatic rings. The van der Waals surface area contributed by atoms with Gasteiger partial charge in [0, 0.05) is 25.2 Å². The van der Waals surface area contributed by atoms with E-state index in [2.05, 4.69) is 5.32 Å². The number of rotatable bonds is 7. The van der Waals surface area contributed by atoms with Crippen molar-refractivity contribution in [1.29, 1.82) is 0 Å². The van der Waals surface area contributed by atoms with E-state index in [1.807, 2.05) is 19.9 Å². The smallest absolute Gasteiger partial charge is 0.322 e. The van der Waals surface area contributed by atoms with Gasteiger partial charge in [-0.25, -0.2) is 4.79 Å². The van der Waals surface area contributed by atoms with Crippen LogP contribution in [-0.2, 0) is 19.1 Å². The van der Waals surface area contributed by atoms with Gasteiger partial charge in [0.2, 0.25) is 5.91 Å². The summed E-state index contributed by atoms with van der Waals surface area (Å²) in [7, 11) is 1.63. The van der Waals surface area contributed by atoms with E-state index >= 15 is 0 Å². The quantitative estimate of drug-likeness (QED) is 0.545. The van der Waals surface area contributed by atoms with E-state index in [0.717, 1.165) is 0 Å². The molecule has 1 fully saturated rings. The number of halogens is 1. The van der Waals surface area contributed by atoms with Gasteiger partial charge in [-0.1, -0.05) is 43.6 Å². The van der Waals surface area contributed by atoms with Crippen molar-refractivity contribution < 1.29 is 23.9 Å². The summed E-state index contributed by atoms with van der Waals surface area (Å²) >= 11 is 6.45. The number of piperidine rings is 1. The normalized spacial score (nSPS) is 21.4. The molecule has 200 valence electrons. The molecular weight excluding hydrogens is 496 g/mol. The molecule has 0 spiro atoms. The molecule has 37 heavy (non-hydrogen) atoms. The number of carbonyl (C=O) groups is 4. The summed E-state index contributed by atoms with van der Waals surface area (Å²) in [5.41, 5.74) is 1.67. The largest absolute Gasteiger partial charge is 0.466 e. The highest BCUT2D eigenvalue weighted by molar-refractivity contribution is 6.31. The Bertz CT molecular complexity index is 1110. The Morgan fingerprint density at radius 3 is 2.46 bits per heavy atom. The molecule has 1 saturated heterocycles. The van der Waals surface area contributed by atoms with Gasteiger partial charge in [-0.05, 0) is 43.7 Å².